The molecule has 3 heterocycles. The summed E-state index contributed by atoms with van der Waals surface area (Å²) >= 11 is 0. The Balaban J connectivity index is 1.92. The van der Waals surface area contributed by atoms with E-state index < -0.39 is 0 Å². The third-order valence-electron chi connectivity index (χ3n) is 4.74. The van der Waals surface area contributed by atoms with Gasteiger partial charge in [-0.05, 0) is 18.3 Å². The van der Waals surface area contributed by atoms with Gasteiger partial charge in [-0.2, -0.15) is 0 Å². The van der Waals surface area contributed by atoms with Crippen LogP contribution in [0.5, 0.6) is 0 Å². The first-order valence-corrected chi connectivity index (χ1v) is 7.41. The number of hydrogen-bond acceptors (Lipinski definition) is 4. The Hall–Kier alpha value is -1.78. The zero-order chi connectivity index (χ0) is 14.2. The van der Waals surface area contributed by atoms with Gasteiger partial charge in [0.1, 0.15) is 5.82 Å². The predicted octanol–water partition coefficient (Wildman–Crippen LogP) is 2.79. The van der Waals surface area contributed by atoms with E-state index in [-0.39, 0.29) is 0 Å². The monoisotopic (exact) mass is 273 g/mol. The number of fused-ring (bicyclic) bond motifs is 1. The van der Waals surface area contributed by atoms with Crippen molar-refractivity contribution < 1.29 is 0 Å². The van der Waals surface area contributed by atoms with Crippen molar-refractivity contribution in [2.75, 3.05) is 30.4 Å². The van der Waals surface area contributed by atoms with Crippen LogP contribution in [0.15, 0.2) is 18.6 Å². The van der Waals surface area contributed by atoms with Gasteiger partial charge in [-0.1, -0.05) is 20.3 Å². The highest BCUT2D eigenvalue weighted by Crippen LogP contribution is 2.36. The summed E-state index contributed by atoms with van der Waals surface area (Å²) in [5.41, 5.74) is 1.44. The average molecular weight is 273 g/mol. The molecule has 0 aliphatic carbocycles. The SMILES string of the molecule is CCC1(C)CCN(c2nc(NC)cn3ccnc23)CC1. The lowest BCUT2D eigenvalue weighted by Gasteiger charge is -2.39. The Kier molecular flexibility index (Phi) is 3.28. The number of aromatic nitrogens is 3. The van der Waals surface area contributed by atoms with Crippen molar-refractivity contribution in [1.29, 1.82) is 0 Å². The number of rotatable bonds is 3. The molecule has 1 aliphatic rings. The molecule has 1 saturated heterocycles. The van der Waals surface area contributed by atoms with Crippen molar-refractivity contribution in [3.8, 4) is 0 Å². The van der Waals surface area contributed by atoms with Gasteiger partial charge in [0.25, 0.3) is 0 Å². The molecular formula is C15H23N5. The molecule has 0 saturated carbocycles. The van der Waals surface area contributed by atoms with E-state index in [1.54, 1.807) is 0 Å². The fraction of sp³-hybridized carbons (Fsp3) is 0.600. The minimum atomic E-state index is 0.489. The van der Waals surface area contributed by atoms with Crippen LogP contribution in [0.25, 0.3) is 5.65 Å². The van der Waals surface area contributed by atoms with Gasteiger partial charge < -0.3 is 14.6 Å². The van der Waals surface area contributed by atoms with Crippen molar-refractivity contribution in [2.45, 2.75) is 33.1 Å². The highest BCUT2D eigenvalue weighted by Gasteiger charge is 2.29. The topological polar surface area (TPSA) is 45.5 Å². The first-order chi connectivity index (χ1) is 9.65. The summed E-state index contributed by atoms with van der Waals surface area (Å²) in [7, 11) is 1.90. The Bertz CT molecular complexity index is 595. The van der Waals surface area contributed by atoms with Crippen LogP contribution in [0.1, 0.15) is 33.1 Å². The molecule has 108 valence electrons. The van der Waals surface area contributed by atoms with Crippen LogP contribution in [0, 0.1) is 5.41 Å². The Morgan fingerprint density at radius 3 is 2.75 bits per heavy atom. The van der Waals surface area contributed by atoms with Gasteiger partial charge in [0, 0.05) is 32.5 Å². The van der Waals surface area contributed by atoms with Crippen molar-refractivity contribution >= 4 is 17.3 Å². The molecular weight excluding hydrogens is 250 g/mol. The molecule has 0 amide bonds. The van der Waals surface area contributed by atoms with E-state index in [1.807, 2.05) is 30.0 Å². The Labute approximate surface area is 120 Å². The molecule has 0 spiro atoms. The summed E-state index contributed by atoms with van der Waals surface area (Å²) in [6, 6.07) is 0. The summed E-state index contributed by atoms with van der Waals surface area (Å²) in [5, 5.41) is 3.13. The summed E-state index contributed by atoms with van der Waals surface area (Å²) < 4.78 is 2.04. The summed E-state index contributed by atoms with van der Waals surface area (Å²) in [6.07, 6.45) is 9.49. The standard InChI is InChI=1S/C15H23N5/c1-4-15(2)5-8-19(9-6-15)14-13-17-7-10-20(13)11-12(16-3)18-14/h7,10-11,16H,4-6,8-9H2,1-3H3. The largest absolute Gasteiger partial charge is 0.372 e. The van der Waals surface area contributed by atoms with Gasteiger partial charge in [0.05, 0.1) is 6.20 Å². The Morgan fingerprint density at radius 2 is 2.10 bits per heavy atom. The number of hydrogen-bond donors (Lipinski definition) is 1. The maximum Gasteiger partial charge on any atom is 0.180 e. The first-order valence-electron chi connectivity index (χ1n) is 7.41. The second-order valence-electron chi connectivity index (χ2n) is 6.01. The minimum absolute atomic E-state index is 0.489. The van der Waals surface area contributed by atoms with E-state index in [1.165, 1.54) is 19.3 Å². The lowest BCUT2D eigenvalue weighted by atomic mass is 9.78. The molecule has 0 unspecified atom stereocenters. The molecule has 3 rings (SSSR count). The molecule has 0 atom stereocenters. The zero-order valence-electron chi connectivity index (χ0n) is 12.6. The number of piperidine rings is 1. The Morgan fingerprint density at radius 1 is 1.35 bits per heavy atom. The quantitative estimate of drug-likeness (QED) is 0.934. The number of nitrogens with zero attached hydrogens (tertiary/aromatic N) is 4. The summed E-state index contributed by atoms with van der Waals surface area (Å²) in [4.78, 5) is 11.6. The number of nitrogens with one attached hydrogen (secondary N) is 1. The molecule has 1 N–H and O–H groups in total. The van der Waals surface area contributed by atoms with Crippen molar-refractivity contribution in [3.05, 3.63) is 18.6 Å². The van der Waals surface area contributed by atoms with Gasteiger partial charge in [-0.15, -0.1) is 0 Å². The van der Waals surface area contributed by atoms with Crippen molar-refractivity contribution in [1.82, 2.24) is 14.4 Å². The minimum Gasteiger partial charge on any atom is -0.372 e. The maximum absolute atomic E-state index is 4.72. The average Bonchev–Trinajstić information content (AvgIpc) is 2.95. The van der Waals surface area contributed by atoms with Crippen LogP contribution in [-0.4, -0.2) is 34.5 Å². The summed E-state index contributed by atoms with van der Waals surface area (Å²) in [6.45, 7) is 6.81. The molecule has 1 aliphatic heterocycles. The van der Waals surface area contributed by atoms with E-state index in [0.717, 1.165) is 30.4 Å². The van der Waals surface area contributed by atoms with Crippen LogP contribution in [0.3, 0.4) is 0 Å². The van der Waals surface area contributed by atoms with Gasteiger partial charge >= 0.3 is 0 Å². The lowest BCUT2D eigenvalue weighted by molar-refractivity contribution is 0.238. The molecule has 2 aromatic heterocycles. The second kappa shape index (κ2) is 4.96. The molecule has 5 nitrogen and oxygen atoms in total. The molecule has 20 heavy (non-hydrogen) atoms. The van der Waals surface area contributed by atoms with Gasteiger partial charge in [0.15, 0.2) is 11.5 Å². The number of imidazole rings is 1. The molecule has 2 aromatic rings. The summed E-state index contributed by atoms with van der Waals surface area (Å²) in [5.74, 6) is 1.88. The fourth-order valence-corrected chi connectivity index (χ4v) is 2.86. The highest BCUT2D eigenvalue weighted by atomic mass is 15.2. The highest BCUT2D eigenvalue weighted by molar-refractivity contribution is 5.67. The molecule has 1 fully saturated rings. The molecule has 0 aromatic carbocycles. The van der Waals surface area contributed by atoms with E-state index in [2.05, 4.69) is 29.0 Å². The zero-order valence-corrected chi connectivity index (χ0v) is 12.6. The predicted molar refractivity (Wildman–Crippen MR) is 82.4 cm³/mol. The van der Waals surface area contributed by atoms with Crippen molar-refractivity contribution in [2.24, 2.45) is 5.41 Å². The first kappa shape index (κ1) is 13.2. The molecule has 0 bridgehead atoms. The van der Waals surface area contributed by atoms with Crippen molar-refractivity contribution in [3.63, 3.8) is 0 Å². The fourth-order valence-electron chi connectivity index (χ4n) is 2.86. The van der Waals surface area contributed by atoms with Crippen LogP contribution in [-0.2, 0) is 0 Å². The van der Waals surface area contributed by atoms with E-state index >= 15 is 0 Å². The smallest absolute Gasteiger partial charge is 0.180 e. The second-order valence-corrected chi connectivity index (χ2v) is 6.01. The molecule has 0 radical (unpaired) electrons. The van der Waals surface area contributed by atoms with E-state index in [4.69, 9.17) is 4.98 Å². The molecule has 5 heteroatoms. The van der Waals surface area contributed by atoms with Crippen LogP contribution < -0.4 is 10.2 Å². The van der Waals surface area contributed by atoms with Gasteiger partial charge in [0.2, 0.25) is 0 Å². The van der Waals surface area contributed by atoms with Crippen LogP contribution in [0.2, 0.25) is 0 Å². The third-order valence-corrected chi connectivity index (χ3v) is 4.74. The lowest BCUT2D eigenvalue weighted by Crippen LogP contribution is -2.39. The van der Waals surface area contributed by atoms with E-state index in [0.29, 0.717) is 5.41 Å². The third kappa shape index (κ3) is 2.21. The van der Waals surface area contributed by atoms with E-state index in [9.17, 15) is 0 Å². The van der Waals surface area contributed by atoms with Gasteiger partial charge in [-0.25, -0.2) is 9.97 Å². The van der Waals surface area contributed by atoms with Crippen LogP contribution >= 0.6 is 0 Å². The number of anilines is 2. The normalized spacial score (nSPS) is 18.4. The maximum atomic E-state index is 4.72. The van der Waals surface area contributed by atoms with Gasteiger partial charge in [-0.3, -0.25) is 0 Å². The van der Waals surface area contributed by atoms with Crippen LogP contribution in [0.4, 0.5) is 11.6 Å².